The molecule has 0 spiro atoms. The number of hydrogen-bond donors (Lipinski definition) is 0. The maximum atomic E-state index is 11.8. The van der Waals surface area contributed by atoms with Gasteiger partial charge >= 0.3 is 5.97 Å². The van der Waals surface area contributed by atoms with Crippen LogP contribution in [-0.2, 0) is 25.7 Å². The molecule has 1 aromatic carbocycles. The van der Waals surface area contributed by atoms with E-state index in [1.807, 2.05) is 30.3 Å². The quantitative estimate of drug-likeness (QED) is 0.319. The number of benzene rings is 1. The molecule has 120 valence electrons. The fraction of sp³-hybridized carbons (Fsp3) is 0.500. The van der Waals surface area contributed by atoms with Crippen molar-refractivity contribution in [2.24, 2.45) is 5.18 Å². The van der Waals surface area contributed by atoms with Crippen molar-refractivity contribution in [1.29, 1.82) is 0 Å². The van der Waals surface area contributed by atoms with Crippen LogP contribution in [-0.4, -0.2) is 30.0 Å². The Morgan fingerprint density at radius 2 is 1.82 bits per heavy atom. The van der Waals surface area contributed by atoms with Gasteiger partial charge in [-0.05, 0) is 31.5 Å². The van der Waals surface area contributed by atoms with Gasteiger partial charge in [0.1, 0.15) is 5.60 Å². The Labute approximate surface area is 129 Å². The summed E-state index contributed by atoms with van der Waals surface area (Å²) >= 11 is 0. The van der Waals surface area contributed by atoms with E-state index >= 15 is 0 Å². The summed E-state index contributed by atoms with van der Waals surface area (Å²) in [5.74, 6) is -1.52. The summed E-state index contributed by atoms with van der Waals surface area (Å²) in [6.45, 7) is 5.43. The topological polar surface area (TPSA) is 82.0 Å². The smallest absolute Gasteiger partial charge is 0.342 e. The van der Waals surface area contributed by atoms with Gasteiger partial charge in [0.2, 0.25) is 6.04 Å². The lowest BCUT2D eigenvalue weighted by molar-refractivity contribution is -0.158. The van der Waals surface area contributed by atoms with Crippen molar-refractivity contribution < 1.29 is 19.1 Å². The van der Waals surface area contributed by atoms with Crippen LogP contribution >= 0.6 is 0 Å². The first kappa shape index (κ1) is 18.0. The van der Waals surface area contributed by atoms with Crippen LogP contribution in [0.2, 0.25) is 0 Å². The predicted molar refractivity (Wildman–Crippen MR) is 81.2 cm³/mol. The van der Waals surface area contributed by atoms with Crippen LogP contribution in [0.4, 0.5) is 0 Å². The van der Waals surface area contributed by atoms with Crippen LogP contribution in [0.3, 0.4) is 0 Å². The third kappa shape index (κ3) is 6.58. The average Bonchev–Trinajstić information content (AvgIpc) is 2.43. The van der Waals surface area contributed by atoms with Crippen LogP contribution in [0.25, 0.3) is 0 Å². The molecule has 0 N–H and O–H groups in total. The minimum Gasteiger partial charge on any atom is -0.458 e. The van der Waals surface area contributed by atoms with Gasteiger partial charge in [0.15, 0.2) is 5.78 Å². The van der Waals surface area contributed by atoms with E-state index in [1.165, 1.54) is 0 Å². The molecule has 1 aromatic rings. The maximum absolute atomic E-state index is 11.8. The summed E-state index contributed by atoms with van der Waals surface area (Å²) in [6, 6.07) is 7.85. The van der Waals surface area contributed by atoms with E-state index in [1.54, 1.807) is 20.8 Å². The molecule has 1 atom stereocenters. The van der Waals surface area contributed by atoms with Gasteiger partial charge < -0.3 is 9.47 Å². The van der Waals surface area contributed by atoms with Crippen molar-refractivity contribution >= 4 is 11.8 Å². The standard InChI is InChI=1S/C16H21NO5/c1-16(2,3)22-15(19)14(17-20)13(18)9-10-21-11-12-7-5-4-6-8-12/h4-8,14H,9-11H2,1-3H3. The average molecular weight is 307 g/mol. The number of nitrogens with zero attached hydrogens (tertiary/aromatic N) is 1. The summed E-state index contributed by atoms with van der Waals surface area (Å²) < 4.78 is 10.3. The Kier molecular flexibility index (Phi) is 6.85. The van der Waals surface area contributed by atoms with Gasteiger partial charge in [-0.15, -0.1) is 4.91 Å². The van der Waals surface area contributed by atoms with Crippen molar-refractivity contribution in [3.05, 3.63) is 40.8 Å². The third-order valence-electron chi connectivity index (χ3n) is 2.64. The van der Waals surface area contributed by atoms with Crippen molar-refractivity contribution in [3.8, 4) is 0 Å². The monoisotopic (exact) mass is 307 g/mol. The summed E-state index contributed by atoms with van der Waals surface area (Å²) in [4.78, 5) is 34.3. The highest BCUT2D eigenvalue weighted by Crippen LogP contribution is 2.11. The predicted octanol–water partition coefficient (Wildman–Crippen LogP) is 2.64. The highest BCUT2D eigenvalue weighted by molar-refractivity contribution is 6.03. The number of ether oxygens (including phenoxy) is 2. The largest absolute Gasteiger partial charge is 0.458 e. The number of ketones is 1. The molecule has 6 nitrogen and oxygen atoms in total. The van der Waals surface area contributed by atoms with Gasteiger partial charge in [-0.3, -0.25) is 4.79 Å². The summed E-state index contributed by atoms with van der Waals surface area (Å²) in [5.41, 5.74) is 0.205. The molecule has 0 amide bonds. The summed E-state index contributed by atoms with van der Waals surface area (Å²) in [7, 11) is 0. The molecule has 0 aliphatic carbocycles. The molecule has 6 heteroatoms. The third-order valence-corrected chi connectivity index (χ3v) is 2.64. The Balaban J connectivity index is 2.39. The second kappa shape index (κ2) is 8.38. The first-order valence-electron chi connectivity index (χ1n) is 7.03. The molecule has 0 bridgehead atoms. The van der Waals surface area contributed by atoms with Crippen molar-refractivity contribution in [2.45, 2.75) is 45.4 Å². The molecule has 0 aliphatic heterocycles. The molecular formula is C16H21NO5. The van der Waals surface area contributed by atoms with Crippen LogP contribution in [0.5, 0.6) is 0 Å². The molecule has 1 rings (SSSR count). The fourth-order valence-electron chi connectivity index (χ4n) is 1.66. The van der Waals surface area contributed by atoms with Crippen LogP contribution < -0.4 is 0 Å². The Morgan fingerprint density at radius 1 is 1.18 bits per heavy atom. The molecule has 0 heterocycles. The van der Waals surface area contributed by atoms with Gasteiger partial charge in [-0.2, -0.15) is 0 Å². The van der Waals surface area contributed by atoms with Gasteiger partial charge in [0, 0.05) is 6.42 Å². The zero-order chi connectivity index (χ0) is 16.6. The SMILES string of the molecule is CC(C)(C)OC(=O)C(N=O)C(=O)CCOCc1ccccc1. The van der Waals surface area contributed by atoms with Crippen LogP contribution in [0.15, 0.2) is 35.5 Å². The second-order valence-corrected chi connectivity index (χ2v) is 5.80. The van der Waals surface area contributed by atoms with Crippen molar-refractivity contribution in [3.63, 3.8) is 0 Å². The first-order valence-corrected chi connectivity index (χ1v) is 7.03. The normalized spacial score (nSPS) is 12.5. The van der Waals surface area contributed by atoms with Gasteiger partial charge in [-0.1, -0.05) is 30.3 Å². The Bertz CT molecular complexity index is 507. The number of esters is 1. The van der Waals surface area contributed by atoms with Crippen LogP contribution in [0, 0.1) is 4.91 Å². The number of rotatable bonds is 8. The molecule has 0 radical (unpaired) electrons. The molecule has 0 aromatic heterocycles. The van der Waals surface area contributed by atoms with Crippen molar-refractivity contribution in [2.75, 3.05) is 6.61 Å². The second-order valence-electron chi connectivity index (χ2n) is 5.80. The van der Waals surface area contributed by atoms with Gasteiger partial charge in [-0.25, -0.2) is 4.79 Å². The van der Waals surface area contributed by atoms with E-state index in [0.29, 0.717) is 6.61 Å². The lowest BCUT2D eigenvalue weighted by Crippen LogP contribution is -2.35. The van der Waals surface area contributed by atoms with Gasteiger partial charge in [0.25, 0.3) is 0 Å². The van der Waals surface area contributed by atoms with E-state index in [0.717, 1.165) is 5.56 Å². The molecule has 0 saturated carbocycles. The number of hydrogen-bond acceptors (Lipinski definition) is 6. The molecule has 1 unspecified atom stereocenters. The maximum Gasteiger partial charge on any atom is 0.342 e. The zero-order valence-electron chi connectivity index (χ0n) is 13.1. The van der Waals surface area contributed by atoms with E-state index in [4.69, 9.17) is 9.47 Å². The highest BCUT2D eigenvalue weighted by Gasteiger charge is 2.31. The van der Waals surface area contributed by atoms with Gasteiger partial charge in [0.05, 0.1) is 13.2 Å². The first-order chi connectivity index (χ1) is 10.3. The van der Waals surface area contributed by atoms with E-state index in [-0.39, 0.29) is 13.0 Å². The molecular weight excluding hydrogens is 286 g/mol. The highest BCUT2D eigenvalue weighted by atomic mass is 16.6. The lowest BCUT2D eigenvalue weighted by Gasteiger charge is -2.20. The molecule has 0 fully saturated rings. The van der Waals surface area contributed by atoms with E-state index in [9.17, 15) is 14.5 Å². The van der Waals surface area contributed by atoms with Crippen LogP contribution in [0.1, 0.15) is 32.8 Å². The lowest BCUT2D eigenvalue weighted by atomic mass is 10.1. The van der Waals surface area contributed by atoms with Crippen molar-refractivity contribution in [1.82, 2.24) is 0 Å². The number of carbonyl (C=O) groups excluding carboxylic acids is 2. The fourth-order valence-corrected chi connectivity index (χ4v) is 1.66. The van der Waals surface area contributed by atoms with E-state index in [2.05, 4.69) is 5.18 Å². The number of nitroso groups, excluding NO2 is 1. The molecule has 0 aliphatic rings. The minimum absolute atomic E-state index is 0.0670. The summed E-state index contributed by atoms with van der Waals surface area (Å²) in [6.07, 6.45) is -0.0670. The Morgan fingerprint density at radius 3 is 2.36 bits per heavy atom. The zero-order valence-corrected chi connectivity index (χ0v) is 13.1. The summed E-state index contributed by atoms with van der Waals surface area (Å²) in [5, 5.41) is 2.58. The number of Topliss-reactive ketones (excluding diaryl/α,β-unsaturated/α-hetero) is 1. The molecule has 22 heavy (non-hydrogen) atoms. The minimum atomic E-state index is -1.63. The number of carbonyl (C=O) groups is 2. The van der Waals surface area contributed by atoms with E-state index < -0.39 is 23.4 Å². The molecule has 0 saturated heterocycles. The Hall–Kier alpha value is -2.08.